The first kappa shape index (κ1) is 7.32. The van der Waals surface area contributed by atoms with E-state index in [1.54, 1.807) is 0 Å². The van der Waals surface area contributed by atoms with Gasteiger partial charge >= 0.3 is 0 Å². The highest BCUT2D eigenvalue weighted by Crippen LogP contribution is 2.40. The standard InChI is InChI=1S/C9H14O2/c1-2-8-3-4-9(7-8)10-5-6-11-9/h2H,3-7H2,1H3/b8-2+. The Labute approximate surface area is 67.2 Å². The zero-order valence-corrected chi connectivity index (χ0v) is 6.93. The maximum absolute atomic E-state index is 5.57. The van der Waals surface area contributed by atoms with Crippen LogP contribution in [0.1, 0.15) is 26.2 Å². The Hall–Kier alpha value is -0.340. The van der Waals surface area contributed by atoms with Crippen LogP contribution in [-0.4, -0.2) is 19.0 Å². The van der Waals surface area contributed by atoms with Crippen LogP contribution in [0.5, 0.6) is 0 Å². The van der Waals surface area contributed by atoms with Crippen molar-refractivity contribution in [2.45, 2.75) is 32.0 Å². The summed E-state index contributed by atoms with van der Waals surface area (Å²) in [6.45, 7) is 3.64. The molecule has 0 unspecified atom stereocenters. The monoisotopic (exact) mass is 154 g/mol. The lowest BCUT2D eigenvalue weighted by Gasteiger charge is -2.19. The van der Waals surface area contributed by atoms with E-state index in [4.69, 9.17) is 9.47 Å². The minimum atomic E-state index is -0.207. The Morgan fingerprint density at radius 3 is 2.64 bits per heavy atom. The molecular formula is C9H14O2. The molecule has 1 saturated carbocycles. The first-order chi connectivity index (χ1) is 5.35. The van der Waals surface area contributed by atoms with Gasteiger partial charge in [-0.3, -0.25) is 0 Å². The molecule has 0 N–H and O–H groups in total. The molecule has 62 valence electrons. The van der Waals surface area contributed by atoms with Gasteiger partial charge in [0, 0.05) is 12.8 Å². The Morgan fingerprint density at radius 2 is 2.09 bits per heavy atom. The zero-order valence-electron chi connectivity index (χ0n) is 6.93. The minimum absolute atomic E-state index is 0.207. The largest absolute Gasteiger partial charge is 0.347 e. The Bertz CT molecular complexity index is 178. The molecule has 0 amide bonds. The summed E-state index contributed by atoms with van der Waals surface area (Å²) < 4.78 is 11.1. The molecule has 1 heterocycles. The van der Waals surface area contributed by atoms with E-state index in [-0.39, 0.29) is 5.79 Å². The second-order valence-corrected chi connectivity index (χ2v) is 3.23. The topological polar surface area (TPSA) is 18.5 Å². The molecule has 2 fully saturated rings. The third-order valence-electron chi connectivity index (χ3n) is 2.55. The zero-order chi connectivity index (χ0) is 7.73. The molecule has 1 saturated heterocycles. The van der Waals surface area contributed by atoms with Crippen molar-refractivity contribution >= 4 is 0 Å². The molecule has 1 spiro atoms. The van der Waals surface area contributed by atoms with E-state index < -0.39 is 0 Å². The highest BCUT2D eigenvalue weighted by atomic mass is 16.7. The van der Waals surface area contributed by atoms with Gasteiger partial charge in [0.2, 0.25) is 0 Å². The fourth-order valence-corrected chi connectivity index (χ4v) is 1.86. The molecular weight excluding hydrogens is 140 g/mol. The summed E-state index contributed by atoms with van der Waals surface area (Å²) in [4.78, 5) is 0. The van der Waals surface area contributed by atoms with E-state index in [9.17, 15) is 0 Å². The average molecular weight is 154 g/mol. The normalized spacial score (nSPS) is 32.3. The van der Waals surface area contributed by atoms with Crippen molar-refractivity contribution in [3.05, 3.63) is 11.6 Å². The van der Waals surface area contributed by atoms with E-state index >= 15 is 0 Å². The highest BCUT2D eigenvalue weighted by molar-refractivity contribution is 5.11. The Balaban J connectivity index is 2.07. The SMILES string of the molecule is C/C=C1\CCC2(C1)OCCO2. The van der Waals surface area contributed by atoms with Gasteiger partial charge in [0.1, 0.15) is 0 Å². The van der Waals surface area contributed by atoms with Crippen LogP contribution in [0.25, 0.3) is 0 Å². The predicted octanol–water partition coefficient (Wildman–Crippen LogP) is 1.86. The van der Waals surface area contributed by atoms with Crippen LogP contribution in [0.3, 0.4) is 0 Å². The Kier molecular flexibility index (Phi) is 1.74. The van der Waals surface area contributed by atoms with Crippen LogP contribution >= 0.6 is 0 Å². The van der Waals surface area contributed by atoms with Crippen molar-refractivity contribution < 1.29 is 9.47 Å². The summed E-state index contributed by atoms with van der Waals surface area (Å²) >= 11 is 0. The van der Waals surface area contributed by atoms with E-state index in [2.05, 4.69) is 13.0 Å². The molecule has 2 nitrogen and oxygen atoms in total. The summed E-state index contributed by atoms with van der Waals surface area (Å²) in [6.07, 6.45) is 5.37. The van der Waals surface area contributed by atoms with Gasteiger partial charge in [-0.25, -0.2) is 0 Å². The molecule has 1 aliphatic heterocycles. The third-order valence-corrected chi connectivity index (χ3v) is 2.55. The lowest BCUT2D eigenvalue weighted by molar-refractivity contribution is -0.147. The molecule has 0 aromatic heterocycles. The molecule has 2 heteroatoms. The summed E-state index contributed by atoms with van der Waals surface area (Å²) in [5, 5.41) is 0. The second kappa shape index (κ2) is 2.61. The van der Waals surface area contributed by atoms with Gasteiger partial charge in [-0.1, -0.05) is 11.6 Å². The van der Waals surface area contributed by atoms with Crippen molar-refractivity contribution in [3.8, 4) is 0 Å². The molecule has 2 aliphatic rings. The first-order valence-corrected chi connectivity index (χ1v) is 4.27. The van der Waals surface area contributed by atoms with Crippen molar-refractivity contribution in [1.82, 2.24) is 0 Å². The quantitative estimate of drug-likeness (QED) is 0.496. The van der Waals surface area contributed by atoms with Crippen LogP contribution in [0.4, 0.5) is 0 Å². The van der Waals surface area contributed by atoms with E-state index in [1.165, 1.54) is 5.57 Å². The number of allylic oxidation sites excluding steroid dienone is 1. The van der Waals surface area contributed by atoms with E-state index in [0.29, 0.717) is 0 Å². The summed E-state index contributed by atoms with van der Waals surface area (Å²) in [6, 6.07) is 0. The van der Waals surface area contributed by atoms with Gasteiger partial charge in [0.25, 0.3) is 0 Å². The third kappa shape index (κ3) is 1.21. The maximum Gasteiger partial charge on any atom is 0.172 e. The molecule has 0 aromatic rings. The van der Waals surface area contributed by atoms with Gasteiger partial charge in [-0.2, -0.15) is 0 Å². The van der Waals surface area contributed by atoms with E-state index in [0.717, 1.165) is 32.5 Å². The second-order valence-electron chi connectivity index (χ2n) is 3.23. The molecule has 0 bridgehead atoms. The first-order valence-electron chi connectivity index (χ1n) is 4.27. The fraction of sp³-hybridized carbons (Fsp3) is 0.778. The predicted molar refractivity (Wildman–Crippen MR) is 42.2 cm³/mol. The average Bonchev–Trinajstić information content (AvgIpc) is 2.62. The maximum atomic E-state index is 5.57. The van der Waals surface area contributed by atoms with Crippen LogP contribution < -0.4 is 0 Å². The smallest absolute Gasteiger partial charge is 0.172 e. The number of hydrogen-bond acceptors (Lipinski definition) is 2. The van der Waals surface area contributed by atoms with E-state index in [1.807, 2.05) is 0 Å². The minimum Gasteiger partial charge on any atom is -0.347 e. The van der Waals surface area contributed by atoms with Crippen molar-refractivity contribution in [2.24, 2.45) is 0 Å². The van der Waals surface area contributed by atoms with Crippen molar-refractivity contribution in [3.63, 3.8) is 0 Å². The highest BCUT2D eigenvalue weighted by Gasteiger charge is 2.41. The molecule has 2 rings (SSSR count). The number of ether oxygens (including phenoxy) is 2. The van der Waals surface area contributed by atoms with Crippen LogP contribution in [0.2, 0.25) is 0 Å². The van der Waals surface area contributed by atoms with Crippen LogP contribution in [-0.2, 0) is 9.47 Å². The van der Waals surface area contributed by atoms with Gasteiger partial charge < -0.3 is 9.47 Å². The number of hydrogen-bond donors (Lipinski definition) is 0. The van der Waals surface area contributed by atoms with Crippen molar-refractivity contribution in [1.29, 1.82) is 0 Å². The lowest BCUT2D eigenvalue weighted by Crippen LogP contribution is -2.25. The van der Waals surface area contributed by atoms with Gasteiger partial charge in [-0.15, -0.1) is 0 Å². The van der Waals surface area contributed by atoms with Crippen LogP contribution in [0.15, 0.2) is 11.6 Å². The molecule has 0 aromatic carbocycles. The van der Waals surface area contributed by atoms with Gasteiger partial charge in [0.15, 0.2) is 5.79 Å². The molecule has 1 aliphatic carbocycles. The summed E-state index contributed by atoms with van der Waals surface area (Å²) in [7, 11) is 0. The lowest BCUT2D eigenvalue weighted by atomic mass is 10.2. The molecule has 0 atom stereocenters. The Morgan fingerprint density at radius 1 is 1.36 bits per heavy atom. The summed E-state index contributed by atoms with van der Waals surface area (Å²) in [5.74, 6) is -0.207. The van der Waals surface area contributed by atoms with Gasteiger partial charge in [-0.05, 0) is 13.3 Å². The molecule has 11 heavy (non-hydrogen) atoms. The summed E-state index contributed by atoms with van der Waals surface area (Å²) in [5.41, 5.74) is 1.48. The number of rotatable bonds is 0. The van der Waals surface area contributed by atoms with Gasteiger partial charge in [0.05, 0.1) is 13.2 Å². The fourth-order valence-electron chi connectivity index (χ4n) is 1.86. The van der Waals surface area contributed by atoms with Crippen molar-refractivity contribution in [2.75, 3.05) is 13.2 Å². The van der Waals surface area contributed by atoms with Crippen LogP contribution in [0, 0.1) is 0 Å². The molecule has 0 radical (unpaired) electrons.